The van der Waals surface area contributed by atoms with Crippen molar-refractivity contribution in [3.8, 4) is 0 Å². The van der Waals surface area contributed by atoms with E-state index >= 15 is 0 Å². The van der Waals surface area contributed by atoms with E-state index in [-0.39, 0.29) is 11.8 Å². The number of carbonyl (C=O) groups excluding carboxylic acids is 2. The molecule has 0 saturated carbocycles. The molecule has 6 nitrogen and oxygen atoms in total. The van der Waals surface area contributed by atoms with E-state index in [0.717, 1.165) is 37.6 Å². The van der Waals surface area contributed by atoms with Crippen LogP contribution in [0.3, 0.4) is 0 Å². The SMILES string of the molecule is O=C(C[NH+]1CCCC1)Nc1ccc(NC(=O)C[NH+]2CCCC2)cc1. The van der Waals surface area contributed by atoms with Crippen LogP contribution in [0.15, 0.2) is 24.3 Å². The van der Waals surface area contributed by atoms with Gasteiger partial charge in [0.25, 0.3) is 11.8 Å². The summed E-state index contributed by atoms with van der Waals surface area (Å²) in [4.78, 5) is 26.8. The zero-order valence-corrected chi connectivity index (χ0v) is 14.2. The largest absolute Gasteiger partial charge is 0.327 e. The van der Waals surface area contributed by atoms with E-state index in [1.54, 1.807) is 0 Å². The molecular formula is C18H28N4O2+2. The predicted octanol–water partition coefficient (Wildman–Crippen LogP) is -1.08. The van der Waals surface area contributed by atoms with E-state index in [9.17, 15) is 9.59 Å². The van der Waals surface area contributed by atoms with Crippen molar-refractivity contribution in [1.82, 2.24) is 0 Å². The van der Waals surface area contributed by atoms with Gasteiger partial charge in [-0.3, -0.25) is 9.59 Å². The summed E-state index contributed by atoms with van der Waals surface area (Å²) in [5.74, 6) is 0.114. The molecule has 0 atom stereocenters. The Bertz CT molecular complexity index is 510. The summed E-state index contributed by atoms with van der Waals surface area (Å²) in [7, 11) is 0. The Labute approximate surface area is 143 Å². The maximum absolute atomic E-state index is 12.0. The van der Waals surface area contributed by atoms with Crippen LogP contribution in [0.2, 0.25) is 0 Å². The highest BCUT2D eigenvalue weighted by molar-refractivity contribution is 5.93. The van der Waals surface area contributed by atoms with Crippen LogP contribution in [0.5, 0.6) is 0 Å². The lowest BCUT2D eigenvalue weighted by Gasteiger charge is -2.13. The van der Waals surface area contributed by atoms with Crippen LogP contribution in [0, 0.1) is 0 Å². The highest BCUT2D eigenvalue weighted by Crippen LogP contribution is 2.13. The average molecular weight is 332 g/mol. The fraction of sp³-hybridized carbons (Fsp3) is 0.556. The van der Waals surface area contributed by atoms with Gasteiger partial charge in [-0.15, -0.1) is 0 Å². The van der Waals surface area contributed by atoms with Crippen LogP contribution < -0.4 is 20.4 Å². The molecule has 24 heavy (non-hydrogen) atoms. The second-order valence-electron chi connectivity index (χ2n) is 6.94. The molecule has 3 rings (SSSR count). The number of quaternary nitrogens is 2. The molecule has 0 radical (unpaired) electrons. The van der Waals surface area contributed by atoms with Gasteiger partial charge in [0.15, 0.2) is 13.1 Å². The Balaban J connectivity index is 1.44. The molecule has 0 spiro atoms. The summed E-state index contributed by atoms with van der Waals surface area (Å²) in [6.45, 7) is 5.46. The smallest absolute Gasteiger partial charge is 0.279 e. The van der Waals surface area contributed by atoms with Crippen LogP contribution in [0.1, 0.15) is 25.7 Å². The molecule has 2 amide bonds. The van der Waals surface area contributed by atoms with Gasteiger partial charge in [-0.2, -0.15) is 0 Å². The maximum atomic E-state index is 12.0. The second kappa shape index (κ2) is 8.26. The molecule has 1 aromatic carbocycles. The third-order valence-electron chi connectivity index (χ3n) is 4.89. The van der Waals surface area contributed by atoms with Crippen molar-refractivity contribution in [3.05, 3.63) is 24.3 Å². The Kier molecular flexibility index (Phi) is 5.82. The first kappa shape index (κ1) is 16.9. The van der Waals surface area contributed by atoms with E-state index in [1.165, 1.54) is 35.5 Å². The van der Waals surface area contributed by atoms with Gasteiger partial charge in [0.1, 0.15) is 0 Å². The third-order valence-corrected chi connectivity index (χ3v) is 4.89. The lowest BCUT2D eigenvalue weighted by molar-refractivity contribution is -0.878. The Morgan fingerprint density at radius 1 is 0.708 bits per heavy atom. The number of rotatable bonds is 6. The lowest BCUT2D eigenvalue weighted by Crippen LogP contribution is -3.11. The standard InChI is InChI=1S/C18H26N4O2/c23-17(13-21-9-1-2-10-21)19-15-5-7-16(8-6-15)20-18(24)14-22-11-3-4-12-22/h5-8H,1-4,9-14H2,(H,19,23)(H,20,24)/p+2. The van der Waals surface area contributed by atoms with Crippen LogP contribution in [-0.2, 0) is 9.59 Å². The van der Waals surface area contributed by atoms with E-state index in [1.807, 2.05) is 24.3 Å². The topological polar surface area (TPSA) is 67.1 Å². The predicted molar refractivity (Wildman–Crippen MR) is 93.3 cm³/mol. The number of amides is 2. The van der Waals surface area contributed by atoms with E-state index in [2.05, 4.69) is 10.6 Å². The third kappa shape index (κ3) is 5.04. The Morgan fingerprint density at radius 3 is 1.38 bits per heavy atom. The van der Waals surface area contributed by atoms with Gasteiger partial charge in [-0.05, 0) is 24.3 Å². The van der Waals surface area contributed by atoms with Crippen molar-refractivity contribution < 1.29 is 19.4 Å². The quantitative estimate of drug-likeness (QED) is 0.535. The minimum absolute atomic E-state index is 0.0568. The molecule has 0 unspecified atom stereocenters. The lowest BCUT2D eigenvalue weighted by atomic mass is 10.2. The number of benzene rings is 1. The number of likely N-dealkylation sites (tertiary alicyclic amines) is 2. The van der Waals surface area contributed by atoms with Gasteiger partial charge < -0.3 is 20.4 Å². The van der Waals surface area contributed by atoms with Gasteiger partial charge in [-0.1, -0.05) is 0 Å². The summed E-state index contributed by atoms with van der Waals surface area (Å²) >= 11 is 0. The number of anilines is 2. The molecule has 6 heteroatoms. The van der Waals surface area contributed by atoms with Crippen molar-refractivity contribution in [2.45, 2.75) is 25.7 Å². The molecule has 2 heterocycles. The molecule has 0 bridgehead atoms. The molecule has 2 aliphatic rings. The monoisotopic (exact) mass is 332 g/mol. The molecular weight excluding hydrogens is 304 g/mol. The average Bonchev–Trinajstić information content (AvgIpc) is 3.23. The van der Waals surface area contributed by atoms with Crippen LogP contribution in [0.4, 0.5) is 11.4 Å². The van der Waals surface area contributed by atoms with Crippen molar-refractivity contribution in [2.75, 3.05) is 49.9 Å². The summed E-state index contributed by atoms with van der Waals surface area (Å²) in [5, 5.41) is 5.86. The molecule has 4 N–H and O–H groups in total. The normalized spacial score (nSPS) is 18.7. The van der Waals surface area contributed by atoms with Crippen molar-refractivity contribution in [1.29, 1.82) is 0 Å². The molecule has 2 fully saturated rings. The fourth-order valence-corrected chi connectivity index (χ4v) is 3.60. The van der Waals surface area contributed by atoms with Gasteiger partial charge >= 0.3 is 0 Å². The van der Waals surface area contributed by atoms with Gasteiger partial charge in [0.05, 0.1) is 26.2 Å². The molecule has 130 valence electrons. The highest BCUT2D eigenvalue weighted by Gasteiger charge is 2.20. The van der Waals surface area contributed by atoms with Gasteiger partial charge in [-0.25, -0.2) is 0 Å². The number of nitrogens with one attached hydrogen (secondary N) is 4. The first-order valence-electron chi connectivity index (χ1n) is 9.06. The van der Waals surface area contributed by atoms with Crippen molar-refractivity contribution >= 4 is 23.2 Å². The molecule has 2 aliphatic heterocycles. The van der Waals surface area contributed by atoms with Crippen LogP contribution in [-0.4, -0.2) is 51.1 Å². The van der Waals surface area contributed by atoms with E-state index in [0.29, 0.717) is 13.1 Å². The summed E-state index contributed by atoms with van der Waals surface area (Å²) in [6.07, 6.45) is 4.87. The first-order chi connectivity index (χ1) is 11.7. The number of hydrogen-bond acceptors (Lipinski definition) is 2. The minimum Gasteiger partial charge on any atom is -0.327 e. The van der Waals surface area contributed by atoms with Gasteiger partial charge in [0.2, 0.25) is 0 Å². The van der Waals surface area contributed by atoms with Crippen molar-refractivity contribution in [3.63, 3.8) is 0 Å². The maximum Gasteiger partial charge on any atom is 0.279 e. The molecule has 1 aromatic rings. The molecule has 0 aromatic heterocycles. The van der Waals surface area contributed by atoms with Crippen LogP contribution >= 0.6 is 0 Å². The fourth-order valence-electron chi connectivity index (χ4n) is 3.60. The minimum atomic E-state index is 0.0568. The van der Waals surface area contributed by atoms with E-state index < -0.39 is 0 Å². The number of hydrogen-bond donors (Lipinski definition) is 4. The van der Waals surface area contributed by atoms with E-state index in [4.69, 9.17) is 0 Å². The zero-order chi connectivity index (χ0) is 16.8. The summed E-state index contributed by atoms with van der Waals surface area (Å²) < 4.78 is 0. The Morgan fingerprint density at radius 2 is 1.04 bits per heavy atom. The first-order valence-corrected chi connectivity index (χ1v) is 9.06. The molecule has 2 saturated heterocycles. The summed E-state index contributed by atoms with van der Waals surface area (Å²) in [5.41, 5.74) is 1.56. The number of carbonyl (C=O) groups is 2. The Hall–Kier alpha value is -1.92. The second-order valence-corrected chi connectivity index (χ2v) is 6.94. The highest BCUT2D eigenvalue weighted by atomic mass is 16.2. The van der Waals surface area contributed by atoms with Crippen LogP contribution in [0.25, 0.3) is 0 Å². The summed E-state index contributed by atoms with van der Waals surface area (Å²) in [6, 6.07) is 7.37. The van der Waals surface area contributed by atoms with Crippen molar-refractivity contribution in [2.24, 2.45) is 0 Å². The van der Waals surface area contributed by atoms with Gasteiger partial charge in [0, 0.05) is 37.1 Å². The molecule has 0 aliphatic carbocycles. The zero-order valence-electron chi connectivity index (χ0n) is 14.2.